The number of fused-ring (bicyclic) bond motifs is 1. The molecule has 0 aromatic heterocycles. The average Bonchev–Trinajstić information content (AvgIpc) is 3.21. The number of para-hydroxylation sites is 2. The van der Waals surface area contributed by atoms with E-state index in [-0.39, 0.29) is 18.6 Å². The first kappa shape index (κ1) is 18.1. The molecule has 2 atom stereocenters. The van der Waals surface area contributed by atoms with E-state index in [1.807, 2.05) is 48.5 Å². The van der Waals surface area contributed by atoms with E-state index in [1.165, 1.54) is 0 Å². The first-order valence-corrected chi connectivity index (χ1v) is 9.60. The van der Waals surface area contributed by atoms with Gasteiger partial charge in [0.1, 0.15) is 6.61 Å². The van der Waals surface area contributed by atoms with Crippen LogP contribution in [0.5, 0.6) is 11.5 Å². The average molecular weight is 388 g/mol. The number of rotatable bonds is 5. The predicted octanol–water partition coefficient (Wildman–Crippen LogP) is 3.69. The molecule has 27 heavy (non-hydrogen) atoms. The molecule has 2 aliphatic rings. The third-order valence-electron chi connectivity index (χ3n) is 4.83. The summed E-state index contributed by atoms with van der Waals surface area (Å²) in [5.74, 6) is 1.19. The van der Waals surface area contributed by atoms with Gasteiger partial charge in [-0.15, -0.1) is 0 Å². The van der Waals surface area contributed by atoms with Crippen molar-refractivity contribution >= 4 is 17.5 Å². The molecule has 1 amide bonds. The molecule has 0 spiro atoms. The van der Waals surface area contributed by atoms with Crippen LogP contribution in [-0.2, 0) is 16.1 Å². The molecule has 0 bridgehead atoms. The predicted molar refractivity (Wildman–Crippen MR) is 102 cm³/mol. The SMILES string of the molecule is O=C([C@H]1COc2ccccc2O1)N(Cc1ccc(Cl)cc1)C[C@H]1CCCO1. The first-order valence-electron chi connectivity index (χ1n) is 9.22. The van der Waals surface area contributed by atoms with Crippen molar-refractivity contribution in [2.75, 3.05) is 19.8 Å². The maximum atomic E-state index is 13.2. The number of amides is 1. The molecule has 4 rings (SSSR count). The lowest BCUT2D eigenvalue weighted by atomic mass is 10.1. The van der Waals surface area contributed by atoms with Crippen LogP contribution in [0.4, 0.5) is 0 Å². The fourth-order valence-corrected chi connectivity index (χ4v) is 3.55. The first-order chi connectivity index (χ1) is 13.2. The second kappa shape index (κ2) is 8.19. The summed E-state index contributed by atoms with van der Waals surface area (Å²) in [6, 6.07) is 15.0. The highest BCUT2D eigenvalue weighted by molar-refractivity contribution is 6.30. The van der Waals surface area contributed by atoms with E-state index in [4.69, 9.17) is 25.8 Å². The van der Waals surface area contributed by atoms with Crippen LogP contribution in [0.25, 0.3) is 0 Å². The fraction of sp³-hybridized carbons (Fsp3) is 0.381. The zero-order chi connectivity index (χ0) is 18.6. The summed E-state index contributed by atoms with van der Waals surface area (Å²) in [7, 11) is 0. The molecule has 0 aliphatic carbocycles. The van der Waals surface area contributed by atoms with Gasteiger partial charge in [0.2, 0.25) is 6.10 Å². The zero-order valence-electron chi connectivity index (χ0n) is 15.0. The minimum atomic E-state index is -0.659. The van der Waals surface area contributed by atoms with Gasteiger partial charge in [-0.3, -0.25) is 4.79 Å². The Hall–Kier alpha value is -2.24. The molecule has 2 aliphatic heterocycles. The van der Waals surface area contributed by atoms with Gasteiger partial charge >= 0.3 is 0 Å². The standard InChI is InChI=1S/C21H22ClNO4/c22-16-9-7-15(8-10-16)12-23(13-17-4-3-11-25-17)21(24)20-14-26-18-5-1-2-6-19(18)27-20/h1-2,5-10,17,20H,3-4,11-14H2/t17-,20-/m1/s1. The van der Waals surface area contributed by atoms with Crippen LogP contribution in [0.2, 0.25) is 5.02 Å². The summed E-state index contributed by atoms with van der Waals surface area (Å²) in [4.78, 5) is 15.0. The zero-order valence-corrected chi connectivity index (χ0v) is 15.7. The van der Waals surface area contributed by atoms with E-state index in [0.29, 0.717) is 29.6 Å². The summed E-state index contributed by atoms with van der Waals surface area (Å²) in [6.07, 6.45) is 1.41. The molecule has 6 heteroatoms. The molecular formula is C21H22ClNO4. The minimum Gasteiger partial charge on any atom is -0.485 e. The Bertz CT molecular complexity index is 789. The van der Waals surface area contributed by atoms with Crippen LogP contribution in [-0.4, -0.2) is 42.8 Å². The van der Waals surface area contributed by atoms with Gasteiger partial charge in [-0.05, 0) is 42.7 Å². The smallest absolute Gasteiger partial charge is 0.267 e. The molecule has 0 radical (unpaired) electrons. The number of ether oxygens (including phenoxy) is 3. The van der Waals surface area contributed by atoms with Gasteiger partial charge in [0.25, 0.3) is 5.91 Å². The van der Waals surface area contributed by atoms with Gasteiger partial charge in [-0.1, -0.05) is 35.9 Å². The van der Waals surface area contributed by atoms with E-state index >= 15 is 0 Å². The van der Waals surface area contributed by atoms with Crippen LogP contribution in [0.15, 0.2) is 48.5 Å². The quantitative estimate of drug-likeness (QED) is 0.785. The van der Waals surface area contributed by atoms with Crippen molar-refractivity contribution in [1.29, 1.82) is 0 Å². The minimum absolute atomic E-state index is 0.0676. The molecule has 2 aromatic rings. The summed E-state index contributed by atoms with van der Waals surface area (Å²) in [6.45, 7) is 1.99. The van der Waals surface area contributed by atoms with E-state index < -0.39 is 6.10 Å². The molecule has 0 unspecified atom stereocenters. The Morgan fingerprint density at radius 3 is 2.63 bits per heavy atom. The molecular weight excluding hydrogens is 366 g/mol. The Morgan fingerprint density at radius 1 is 1.11 bits per heavy atom. The largest absolute Gasteiger partial charge is 0.485 e. The Morgan fingerprint density at radius 2 is 1.89 bits per heavy atom. The molecule has 0 saturated carbocycles. The van der Waals surface area contributed by atoms with Crippen LogP contribution in [0.3, 0.4) is 0 Å². The Kier molecular flexibility index (Phi) is 5.50. The fourth-order valence-electron chi connectivity index (χ4n) is 3.42. The van der Waals surface area contributed by atoms with Gasteiger partial charge in [0, 0.05) is 24.7 Å². The Balaban J connectivity index is 1.50. The summed E-state index contributed by atoms with van der Waals surface area (Å²) >= 11 is 5.98. The topological polar surface area (TPSA) is 48.0 Å². The number of benzene rings is 2. The molecule has 5 nitrogen and oxygen atoms in total. The number of hydrogen-bond acceptors (Lipinski definition) is 4. The highest BCUT2D eigenvalue weighted by atomic mass is 35.5. The van der Waals surface area contributed by atoms with Crippen molar-refractivity contribution in [2.24, 2.45) is 0 Å². The monoisotopic (exact) mass is 387 g/mol. The van der Waals surface area contributed by atoms with Gasteiger partial charge in [-0.2, -0.15) is 0 Å². The van der Waals surface area contributed by atoms with Crippen LogP contribution in [0, 0.1) is 0 Å². The summed E-state index contributed by atoms with van der Waals surface area (Å²) in [5.41, 5.74) is 1.02. The maximum Gasteiger partial charge on any atom is 0.267 e. The van der Waals surface area contributed by atoms with Crippen molar-refractivity contribution in [1.82, 2.24) is 4.90 Å². The van der Waals surface area contributed by atoms with Crippen molar-refractivity contribution in [3.8, 4) is 11.5 Å². The van der Waals surface area contributed by atoms with Crippen molar-refractivity contribution < 1.29 is 19.0 Å². The summed E-state index contributed by atoms with van der Waals surface area (Å²) in [5, 5.41) is 0.677. The van der Waals surface area contributed by atoms with Gasteiger partial charge in [0.15, 0.2) is 11.5 Å². The number of carbonyl (C=O) groups is 1. The highest BCUT2D eigenvalue weighted by Gasteiger charge is 2.33. The Labute approximate surface area is 163 Å². The highest BCUT2D eigenvalue weighted by Crippen LogP contribution is 2.31. The van der Waals surface area contributed by atoms with E-state index in [0.717, 1.165) is 25.0 Å². The molecule has 0 N–H and O–H groups in total. The van der Waals surface area contributed by atoms with E-state index in [1.54, 1.807) is 4.90 Å². The molecule has 2 aromatic carbocycles. The number of nitrogens with zero attached hydrogens (tertiary/aromatic N) is 1. The van der Waals surface area contributed by atoms with Crippen LogP contribution >= 0.6 is 11.6 Å². The van der Waals surface area contributed by atoms with E-state index in [9.17, 15) is 4.79 Å². The van der Waals surface area contributed by atoms with Crippen LogP contribution in [0.1, 0.15) is 18.4 Å². The molecule has 1 saturated heterocycles. The van der Waals surface area contributed by atoms with E-state index in [2.05, 4.69) is 0 Å². The molecule has 1 fully saturated rings. The van der Waals surface area contributed by atoms with Crippen molar-refractivity contribution in [3.05, 3.63) is 59.1 Å². The normalized spacial score (nSPS) is 21.1. The van der Waals surface area contributed by atoms with Crippen molar-refractivity contribution in [2.45, 2.75) is 31.6 Å². The van der Waals surface area contributed by atoms with Gasteiger partial charge in [-0.25, -0.2) is 0 Å². The third-order valence-corrected chi connectivity index (χ3v) is 5.08. The lowest BCUT2D eigenvalue weighted by Crippen LogP contribution is -2.48. The second-order valence-electron chi connectivity index (χ2n) is 6.84. The maximum absolute atomic E-state index is 13.2. The van der Waals surface area contributed by atoms with Gasteiger partial charge in [0.05, 0.1) is 6.10 Å². The summed E-state index contributed by atoms with van der Waals surface area (Å²) < 4.78 is 17.4. The second-order valence-corrected chi connectivity index (χ2v) is 7.28. The van der Waals surface area contributed by atoms with Gasteiger partial charge < -0.3 is 19.1 Å². The number of carbonyl (C=O) groups excluding carboxylic acids is 1. The van der Waals surface area contributed by atoms with Crippen molar-refractivity contribution in [3.63, 3.8) is 0 Å². The molecule has 142 valence electrons. The number of halogens is 1. The molecule has 2 heterocycles. The number of hydrogen-bond donors (Lipinski definition) is 0. The lowest BCUT2D eigenvalue weighted by molar-refractivity contribution is -0.143. The third kappa shape index (κ3) is 4.37. The lowest BCUT2D eigenvalue weighted by Gasteiger charge is -2.32. The van der Waals surface area contributed by atoms with Crippen LogP contribution < -0.4 is 9.47 Å².